The second-order valence-electron chi connectivity index (χ2n) is 7.72. The van der Waals surface area contributed by atoms with E-state index < -0.39 is 0 Å². The van der Waals surface area contributed by atoms with Gasteiger partial charge in [-0.15, -0.1) is 0 Å². The zero-order chi connectivity index (χ0) is 21.2. The fourth-order valence-corrected chi connectivity index (χ4v) is 3.80. The Balaban J connectivity index is 1.55. The first-order valence-electron chi connectivity index (χ1n) is 11.2. The lowest BCUT2D eigenvalue weighted by Gasteiger charge is -2.19. The smallest absolute Gasteiger partial charge is 0.251 e. The van der Waals surface area contributed by atoms with Gasteiger partial charge in [-0.1, -0.05) is 31.0 Å². The fourth-order valence-electron chi connectivity index (χ4n) is 3.80. The molecule has 1 N–H and O–H groups in total. The van der Waals surface area contributed by atoms with Crippen molar-refractivity contribution in [3.05, 3.63) is 59.2 Å². The predicted octanol–water partition coefficient (Wildman–Crippen LogP) is 4.79. The molecule has 2 aromatic rings. The number of amides is 1. The highest BCUT2D eigenvalue weighted by Crippen LogP contribution is 2.28. The molecular weight excluding hydrogens is 376 g/mol. The third-order valence-electron chi connectivity index (χ3n) is 5.38. The van der Waals surface area contributed by atoms with Crippen molar-refractivity contribution < 1.29 is 14.3 Å². The van der Waals surface area contributed by atoms with Gasteiger partial charge in [0.25, 0.3) is 5.91 Å². The Bertz CT molecular complexity index is 797. The van der Waals surface area contributed by atoms with Gasteiger partial charge in [0.2, 0.25) is 0 Å². The monoisotopic (exact) mass is 410 g/mol. The molecule has 3 rings (SSSR count). The highest BCUT2D eigenvalue weighted by molar-refractivity contribution is 5.94. The topological polar surface area (TPSA) is 50.8 Å². The zero-order valence-corrected chi connectivity index (χ0v) is 18.3. The van der Waals surface area contributed by atoms with Crippen molar-refractivity contribution in [3.63, 3.8) is 0 Å². The average Bonchev–Trinajstić information content (AvgIpc) is 3.03. The standard InChI is InChI=1S/C25H34N2O3/c1-3-29-23-14-11-21(17-24(23)30-4-2)18-26-25(28)22-12-9-20(10-13-22)19-27-15-7-5-6-8-16-27/h9-14,17H,3-8,15-16,18-19H2,1-2H3,(H,26,28). The fraction of sp³-hybridized carbons (Fsp3) is 0.480. The van der Waals surface area contributed by atoms with Crippen LogP contribution in [0.2, 0.25) is 0 Å². The molecule has 1 fully saturated rings. The van der Waals surface area contributed by atoms with Crippen LogP contribution in [0.1, 0.15) is 61.0 Å². The zero-order valence-electron chi connectivity index (χ0n) is 18.3. The van der Waals surface area contributed by atoms with Gasteiger partial charge in [-0.3, -0.25) is 9.69 Å². The first kappa shape index (κ1) is 22.2. The molecule has 5 nitrogen and oxygen atoms in total. The van der Waals surface area contributed by atoms with Crippen molar-refractivity contribution in [3.8, 4) is 11.5 Å². The summed E-state index contributed by atoms with van der Waals surface area (Å²) in [5.41, 5.74) is 2.93. The molecule has 1 saturated heterocycles. The molecule has 162 valence electrons. The van der Waals surface area contributed by atoms with Gasteiger partial charge in [0.15, 0.2) is 11.5 Å². The molecule has 0 unspecified atom stereocenters. The molecule has 0 aromatic heterocycles. The summed E-state index contributed by atoms with van der Waals surface area (Å²) < 4.78 is 11.3. The van der Waals surface area contributed by atoms with E-state index in [4.69, 9.17) is 9.47 Å². The lowest BCUT2D eigenvalue weighted by Crippen LogP contribution is -2.24. The van der Waals surface area contributed by atoms with E-state index in [9.17, 15) is 4.79 Å². The van der Waals surface area contributed by atoms with Crippen molar-refractivity contribution >= 4 is 5.91 Å². The second-order valence-corrected chi connectivity index (χ2v) is 7.72. The van der Waals surface area contributed by atoms with Crippen LogP contribution in [0.25, 0.3) is 0 Å². The normalized spacial score (nSPS) is 14.7. The van der Waals surface area contributed by atoms with Gasteiger partial charge in [0.05, 0.1) is 13.2 Å². The third-order valence-corrected chi connectivity index (χ3v) is 5.38. The molecule has 30 heavy (non-hydrogen) atoms. The van der Waals surface area contributed by atoms with Gasteiger partial charge < -0.3 is 14.8 Å². The molecule has 0 bridgehead atoms. The third kappa shape index (κ3) is 6.49. The van der Waals surface area contributed by atoms with Crippen LogP contribution in [0, 0.1) is 0 Å². The molecule has 5 heteroatoms. The Morgan fingerprint density at radius 1 is 0.867 bits per heavy atom. The van der Waals surface area contributed by atoms with E-state index >= 15 is 0 Å². The maximum atomic E-state index is 12.6. The molecule has 1 heterocycles. The van der Waals surface area contributed by atoms with Gasteiger partial charge in [0.1, 0.15) is 0 Å². The molecule has 0 aliphatic carbocycles. The number of hydrogen-bond acceptors (Lipinski definition) is 4. The van der Waals surface area contributed by atoms with Crippen LogP contribution >= 0.6 is 0 Å². The number of rotatable bonds is 9. The summed E-state index contributed by atoms with van der Waals surface area (Å²) in [6.07, 6.45) is 5.26. The summed E-state index contributed by atoms with van der Waals surface area (Å²) in [7, 11) is 0. The highest BCUT2D eigenvalue weighted by Gasteiger charge is 2.11. The number of ether oxygens (including phenoxy) is 2. The van der Waals surface area contributed by atoms with Gasteiger partial charge in [-0.2, -0.15) is 0 Å². The minimum atomic E-state index is -0.0665. The van der Waals surface area contributed by atoms with Crippen LogP contribution in [-0.2, 0) is 13.1 Å². The number of nitrogens with one attached hydrogen (secondary N) is 1. The molecule has 0 atom stereocenters. The number of hydrogen-bond donors (Lipinski definition) is 1. The van der Waals surface area contributed by atoms with E-state index in [0.717, 1.165) is 17.9 Å². The number of nitrogens with zero attached hydrogens (tertiary/aromatic N) is 1. The van der Waals surface area contributed by atoms with Crippen molar-refractivity contribution in [2.24, 2.45) is 0 Å². The van der Waals surface area contributed by atoms with E-state index in [0.29, 0.717) is 31.1 Å². The second kappa shape index (κ2) is 11.6. The van der Waals surface area contributed by atoms with E-state index in [-0.39, 0.29) is 5.91 Å². The van der Waals surface area contributed by atoms with Gasteiger partial charge in [0, 0.05) is 18.7 Å². The summed E-state index contributed by atoms with van der Waals surface area (Å²) in [6, 6.07) is 13.8. The van der Waals surface area contributed by atoms with Gasteiger partial charge >= 0.3 is 0 Å². The Morgan fingerprint density at radius 3 is 2.17 bits per heavy atom. The van der Waals surface area contributed by atoms with Crippen LogP contribution in [0.3, 0.4) is 0 Å². The Morgan fingerprint density at radius 2 is 1.50 bits per heavy atom. The molecule has 0 radical (unpaired) electrons. The molecular formula is C25H34N2O3. The van der Waals surface area contributed by atoms with E-state index in [2.05, 4.69) is 22.3 Å². The van der Waals surface area contributed by atoms with E-state index in [1.165, 1.54) is 44.3 Å². The molecule has 2 aromatic carbocycles. The minimum absolute atomic E-state index is 0.0665. The van der Waals surface area contributed by atoms with Gasteiger partial charge in [-0.25, -0.2) is 0 Å². The molecule has 0 spiro atoms. The summed E-state index contributed by atoms with van der Waals surface area (Å²) in [5, 5.41) is 3.00. The van der Waals surface area contributed by atoms with Crippen molar-refractivity contribution in [1.29, 1.82) is 0 Å². The molecule has 0 saturated carbocycles. The van der Waals surface area contributed by atoms with Crippen LogP contribution in [0.4, 0.5) is 0 Å². The SMILES string of the molecule is CCOc1ccc(CNC(=O)c2ccc(CN3CCCCCC3)cc2)cc1OCC. The first-order chi connectivity index (χ1) is 14.7. The summed E-state index contributed by atoms with van der Waals surface area (Å²) in [4.78, 5) is 15.1. The summed E-state index contributed by atoms with van der Waals surface area (Å²) >= 11 is 0. The Hall–Kier alpha value is -2.53. The molecule has 1 amide bonds. The van der Waals surface area contributed by atoms with Gasteiger partial charge in [-0.05, 0) is 75.2 Å². The van der Waals surface area contributed by atoms with Crippen molar-refractivity contribution in [1.82, 2.24) is 10.2 Å². The Kier molecular flexibility index (Phi) is 8.57. The molecule has 1 aliphatic heterocycles. The first-order valence-corrected chi connectivity index (χ1v) is 11.2. The molecule has 1 aliphatic rings. The number of likely N-dealkylation sites (tertiary alicyclic amines) is 1. The van der Waals surface area contributed by atoms with Crippen molar-refractivity contribution in [2.75, 3.05) is 26.3 Å². The lowest BCUT2D eigenvalue weighted by atomic mass is 10.1. The summed E-state index contributed by atoms with van der Waals surface area (Å²) in [5.74, 6) is 1.38. The number of carbonyl (C=O) groups excluding carboxylic acids is 1. The maximum absolute atomic E-state index is 12.6. The number of carbonyl (C=O) groups is 1. The van der Waals surface area contributed by atoms with Crippen LogP contribution < -0.4 is 14.8 Å². The average molecular weight is 411 g/mol. The largest absolute Gasteiger partial charge is 0.490 e. The number of benzene rings is 2. The van der Waals surface area contributed by atoms with Crippen LogP contribution in [-0.4, -0.2) is 37.1 Å². The van der Waals surface area contributed by atoms with Crippen LogP contribution in [0.15, 0.2) is 42.5 Å². The van der Waals surface area contributed by atoms with E-state index in [1.807, 2.05) is 44.2 Å². The highest BCUT2D eigenvalue weighted by atomic mass is 16.5. The predicted molar refractivity (Wildman–Crippen MR) is 120 cm³/mol. The maximum Gasteiger partial charge on any atom is 0.251 e. The Labute approximate surface area is 180 Å². The van der Waals surface area contributed by atoms with Crippen LogP contribution in [0.5, 0.6) is 11.5 Å². The lowest BCUT2D eigenvalue weighted by molar-refractivity contribution is 0.0951. The van der Waals surface area contributed by atoms with Crippen molar-refractivity contribution in [2.45, 2.75) is 52.6 Å². The van der Waals surface area contributed by atoms with E-state index in [1.54, 1.807) is 0 Å². The summed E-state index contributed by atoms with van der Waals surface area (Å²) in [6.45, 7) is 8.81. The quantitative estimate of drug-likeness (QED) is 0.646. The minimum Gasteiger partial charge on any atom is -0.490 e.